The summed E-state index contributed by atoms with van der Waals surface area (Å²) in [7, 11) is 0. The maximum atomic E-state index is 5.88. The molecule has 2 rings (SSSR count). The molecule has 1 aromatic heterocycles. The molecule has 1 atom stereocenters. The fraction of sp³-hybridized carbons (Fsp3) is 0.600. The Morgan fingerprint density at radius 1 is 1.69 bits per heavy atom. The van der Waals surface area contributed by atoms with Crippen molar-refractivity contribution in [1.82, 2.24) is 5.32 Å². The van der Waals surface area contributed by atoms with E-state index < -0.39 is 0 Å². The highest BCUT2D eigenvalue weighted by Crippen LogP contribution is 2.28. The van der Waals surface area contributed by atoms with Crippen molar-refractivity contribution >= 4 is 22.9 Å². The van der Waals surface area contributed by atoms with Crippen molar-refractivity contribution in [3.63, 3.8) is 0 Å². The van der Waals surface area contributed by atoms with Crippen molar-refractivity contribution in [1.29, 1.82) is 0 Å². The van der Waals surface area contributed by atoms with Gasteiger partial charge in [0.2, 0.25) is 0 Å². The Balaban J connectivity index is 2.04. The van der Waals surface area contributed by atoms with E-state index in [1.165, 1.54) is 17.7 Å². The van der Waals surface area contributed by atoms with Crippen LogP contribution in [-0.4, -0.2) is 12.1 Å². The Bertz CT molecular complexity index is 289. The average molecular weight is 216 g/mol. The first kappa shape index (κ1) is 9.50. The smallest absolute Gasteiger partial charge is 0.0515 e. The van der Waals surface area contributed by atoms with Gasteiger partial charge in [-0.15, -0.1) is 11.3 Å². The molecule has 0 aliphatic carbocycles. The zero-order valence-corrected chi connectivity index (χ0v) is 9.34. The fourth-order valence-electron chi connectivity index (χ4n) is 1.94. The van der Waals surface area contributed by atoms with Crippen LogP contribution in [-0.2, 0) is 6.42 Å². The van der Waals surface area contributed by atoms with Crippen LogP contribution in [0.2, 0.25) is 5.02 Å². The predicted octanol–water partition coefficient (Wildman–Crippen LogP) is 3.09. The Kier molecular flexibility index (Phi) is 2.63. The summed E-state index contributed by atoms with van der Waals surface area (Å²) in [6.07, 6.45) is 3.70. The largest absolute Gasteiger partial charge is 0.311 e. The van der Waals surface area contributed by atoms with Crippen molar-refractivity contribution in [2.24, 2.45) is 0 Å². The van der Waals surface area contributed by atoms with Gasteiger partial charge in [0.25, 0.3) is 0 Å². The normalized spacial score (nSPS) is 28.2. The second-order valence-electron chi connectivity index (χ2n) is 4.00. The molecule has 1 saturated heterocycles. The molecule has 0 amide bonds. The predicted molar refractivity (Wildman–Crippen MR) is 58.7 cm³/mol. The lowest BCUT2D eigenvalue weighted by Gasteiger charge is -2.23. The summed E-state index contributed by atoms with van der Waals surface area (Å²) < 4.78 is 0. The molecule has 1 aliphatic rings. The number of nitrogens with one attached hydrogen (secondary N) is 1. The summed E-state index contributed by atoms with van der Waals surface area (Å²) in [6.45, 7) is 3.46. The molecule has 1 aliphatic heterocycles. The Hall–Kier alpha value is -0.0500. The molecule has 0 radical (unpaired) electrons. The van der Waals surface area contributed by atoms with E-state index in [9.17, 15) is 0 Å². The Labute approximate surface area is 88.1 Å². The van der Waals surface area contributed by atoms with Gasteiger partial charge in [0.05, 0.1) is 5.02 Å². The third-order valence-electron chi connectivity index (χ3n) is 2.64. The monoisotopic (exact) mass is 215 g/mol. The Morgan fingerprint density at radius 2 is 2.54 bits per heavy atom. The standard InChI is InChI=1S/C10H14ClNS/c1-10(3-2-4-12-10)6-9-5-8(11)7-13-9/h5,7,12H,2-4,6H2,1H3. The molecular weight excluding hydrogens is 202 g/mol. The van der Waals surface area contributed by atoms with Gasteiger partial charge in [-0.1, -0.05) is 11.6 Å². The van der Waals surface area contributed by atoms with Crippen LogP contribution in [0.5, 0.6) is 0 Å². The van der Waals surface area contributed by atoms with Crippen molar-refractivity contribution in [2.45, 2.75) is 31.7 Å². The van der Waals surface area contributed by atoms with Crippen LogP contribution >= 0.6 is 22.9 Å². The van der Waals surface area contributed by atoms with Gasteiger partial charge >= 0.3 is 0 Å². The van der Waals surface area contributed by atoms with Gasteiger partial charge in [0.1, 0.15) is 0 Å². The van der Waals surface area contributed by atoms with Crippen molar-refractivity contribution in [2.75, 3.05) is 6.54 Å². The van der Waals surface area contributed by atoms with Gasteiger partial charge in [-0.05, 0) is 38.8 Å². The first-order valence-corrected chi connectivity index (χ1v) is 5.92. The van der Waals surface area contributed by atoms with E-state index in [4.69, 9.17) is 11.6 Å². The van der Waals surface area contributed by atoms with Gasteiger partial charge in [0.15, 0.2) is 0 Å². The zero-order chi connectivity index (χ0) is 9.31. The summed E-state index contributed by atoms with van der Waals surface area (Å²) in [5.41, 5.74) is 0.314. The van der Waals surface area contributed by atoms with Gasteiger partial charge in [0, 0.05) is 15.8 Å². The number of thiophene rings is 1. The Morgan fingerprint density at radius 3 is 3.08 bits per heavy atom. The number of hydrogen-bond donors (Lipinski definition) is 1. The minimum Gasteiger partial charge on any atom is -0.311 e. The van der Waals surface area contributed by atoms with Gasteiger partial charge in [-0.3, -0.25) is 0 Å². The number of rotatable bonds is 2. The molecule has 0 bridgehead atoms. The van der Waals surface area contributed by atoms with Crippen molar-refractivity contribution in [3.8, 4) is 0 Å². The van der Waals surface area contributed by atoms with Crippen LogP contribution in [0.4, 0.5) is 0 Å². The highest BCUT2D eigenvalue weighted by atomic mass is 35.5. The van der Waals surface area contributed by atoms with E-state index in [2.05, 4.69) is 18.3 Å². The summed E-state index contributed by atoms with van der Waals surface area (Å²) in [5.74, 6) is 0. The second kappa shape index (κ2) is 3.60. The van der Waals surface area contributed by atoms with Gasteiger partial charge in [-0.2, -0.15) is 0 Å². The molecule has 1 nitrogen and oxygen atoms in total. The third kappa shape index (κ3) is 2.25. The molecule has 0 spiro atoms. The molecule has 2 heterocycles. The van der Waals surface area contributed by atoms with E-state index in [0.717, 1.165) is 18.0 Å². The lowest BCUT2D eigenvalue weighted by atomic mass is 9.95. The lowest BCUT2D eigenvalue weighted by Crippen LogP contribution is -2.38. The van der Waals surface area contributed by atoms with Crippen LogP contribution in [0.1, 0.15) is 24.6 Å². The van der Waals surface area contributed by atoms with Crippen LogP contribution in [0.15, 0.2) is 11.4 Å². The van der Waals surface area contributed by atoms with E-state index in [1.807, 2.05) is 5.38 Å². The topological polar surface area (TPSA) is 12.0 Å². The summed E-state index contributed by atoms with van der Waals surface area (Å²) in [6, 6.07) is 2.08. The minimum atomic E-state index is 0.314. The van der Waals surface area contributed by atoms with Crippen LogP contribution in [0, 0.1) is 0 Å². The minimum absolute atomic E-state index is 0.314. The van der Waals surface area contributed by atoms with Crippen molar-refractivity contribution < 1.29 is 0 Å². The lowest BCUT2D eigenvalue weighted by molar-refractivity contribution is 0.415. The number of hydrogen-bond acceptors (Lipinski definition) is 2. The zero-order valence-electron chi connectivity index (χ0n) is 7.77. The molecule has 1 unspecified atom stereocenters. The van der Waals surface area contributed by atoms with E-state index in [1.54, 1.807) is 11.3 Å². The maximum Gasteiger partial charge on any atom is 0.0515 e. The molecule has 1 fully saturated rings. The molecular formula is C10H14ClNS. The average Bonchev–Trinajstić information content (AvgIpc) is 2.62. The van der Waals surface area contributed by atoms with Gasteiger partial charge < -0.3 is 5.32 Å². The van der Waals surface area contributed by atoms with Crippen LogP contribution < -0.4 is 5.32 Å². The quantitative estimate of drug-likeness (QED) is 0.800. The van der Waals surface area contributed by atoms with E-state index in [-0.39, 0.29) is 0 Å². The summed E-state index contributed by atoms with van der Waals surface area (Å²) in [5, 5.41) is 6.44. The molecule has 1 aromatic rings. The molecule has 13 heavy (non-hydrogen) atoms. The first-order chi connectivity index (χ1) is 6.18. The SMILES string of the molecule is CC1(Cc2cc(Cl)cs2)CCCN1. The third-order valence-corrected chi connectivity index (χ3v) is 3.93. The molecule has 0 aromatic carbocycles. The second-order valence-corrected chi connectivity index (χ2v) is 5.43. The molecule has 0 saturated carbocycles. The van der Waals surface area contributed by atoms with Gasteiger partial charge in [-0.25, -0.2) is 0 Å². The molecule has 3 heteroatoms. The maximum absolute atomic E-state index is 5.88. The first-order valence-electron chi connectivity index (χ1n) is 4.66. The summed E-state index contributed by atoms with van der Waals surface area (Å²) >= 11 is 7.64. The molecule has 1 N–H and O–H groups in total. The number of halogens is 1. The van der Waals surface area contributed by atoms with Crippen LogP contribution in [0.25, 0.3) is 0 Å². The highest BCUT2D eigenvalue weighted by molar-refractivity contribution is 7.10. The summed E-state index contributed by atoms with van der Waals surface area (Å²) in [4.78, 5) is 1.39. The van der Waals surface area contributed by atoms with Crippen molar-refractivity contribution in [3.05, 3.63) is 21.3 Å². The fourth-order valence-corrected chi connectivity index (χ4v) is 3.20. The van der Waals surface area contributed by atoms with E-state index in [0.29, 0.717) is 5.54 Å². The highest BCUT2D eigenvalue weighted by Gasteiger charge is 2.28. The van der Waals surface area contributed by atoms with E-state index >= 15 is 0 Å². The molecule has 72 valence electrons. The van der Waals surface area contributed by atoms with Crippen LogP contribution in [0.3, 0.4) is 0 Å².